The molecule has 82 valence electrons. The van der Waals surface area contributed by atoms with Crippen LogP contribution in [0.4, 0.5) is 0 Å². The summed E-state index contributed by atoms with van der Waals surface area (Å²) in [7, 11) is 0. The van der Waals surface area contributed by atoms with Crippen molar-refractivity contribution in [2.75, 3.05) is 6.61 Å². The number of hydrogen-bond acceptors (Lipinski definition) is 1. The van der Waals surface area contributed by atoms with Gasteiger partial charge in [0.05, 0.1) is 6.61 Å². The first-order valence-corrected chi connectivity index (χ1v) is 5.71. The zero-order chi connectivity index (χ0) is 10.9. The van der Waals surface area contributed by atoms with Gasteiger partial charge < -0.3 is 5.11 Å². The normalized spacial score (nSPS) is 13.2. The second-order valence-electron chi connectivity index (χ2n) is 3.77. The van der Waals surface area contributed by atoms with E-state index in [4.69, 9.17) is 0 Å². The molecule has 1 N–H and O–H groups in total. The Hall–Kier alpha value is -1.08. The summed E-state index contributed by atoms with van der Waals surface area (Å²) in [4.78, 5) is 0. The molecule has 0 radical (unpaired) electrons. The van der Waals surface area contributed by atoms with E-state index < -0.39 is 0 Å². The highest BCUT2D eigenvalue weighted by atomic mass is 16.3. The zero-order valence-electron chi connectivity index (χ0n) is 9.39. The smallest absolute Gasteiger partial charge is 0.0534 e. The maximum absolute atomic E-state index is 9.28. The largest absolute Gasteiger partial charge is 0.395 e. The van der Waals surface area contributed by atoms with Crippen molar-refractivity contribution < 1.29 is 5.11 Å². The second kappa shape index (κ2) is 7.24. The van der Waals surface area contributed by atoms with Gasteiger partial charge in [-0.15, -0.1) is 0 Å². The first kappa shape index (κ1) is 12.0. The molecule has 0 aromatic heterocycles. The van der Waals surface area contributed by atoms with Crippen LogP contribution in [-0.2, 0) is 0 Å². The third kappa shape index (κ3) is 4.30. The van der Waals surface area contributed by atoms with Crippen LogP contribution in [0.25, 0.3) is 0 Å². The highest BCUT2D eigenvalue weighted by Crippen LogP contribution is 2.16. The first-order chi connectivity index (χ1) is 7.38. The lowest BCUT2D eigenvalue weighted by atomic mass is 9.99. The van der Waals surface area contributed by atoms with Gasteiger partial charge in [-0.25, -0.2) is 0 Å². The van der Waals surface area contributed by atoms with Gasteiger partial charge in [0.15, 0.2) is 0 Å². The summed E-state index contributed by atoms with van der Waals surface area (Å²) in [5.74, 6) is 0.156. The number of unbranched alkanes of at least 4 members (excludes halogenated alkanes) is 2. The van der Waals surface area contributed by atoms with Crippen LogP contribution in [0.3, 0.4) is 0 Å². The van der Waals surface area contributed by atoms with Gasteiger partial charge in [0.1, 0.15) is 0 Å². The highest BCUT2D eigenvalue weighted by Gasteiger charge is 2.04. The molecule has 0 spiro atoms. The maximum Gasteiger partial charge on any atom is 0.0534 e. The van der Waals surface area contributed by atoms with Crippen molar-refractivity contribution in [2.45, 2.75) is 32.1 Å². The van der Waals surface area contributed by atoms with Crippen LogP contribution in [0.1, 0.15) is 37.7 Å². The second-order valence-corrected chi connectivity index (χ2v) is 3.77. The van der Waals surface area contributed by atoms with Gasteiger partial charge in [-0.2, -0.15) is 0 Å². The number of aliphatic hydroxyl groups is 1. The van der Waals surface area contributed by atoms with Crippen molar-refractivity contribution in [3.8, 4) is 0 Å². The van der Waals surface area contributed by atoms with Crippen molar-refractivity contribution in [1.29, 1.82) is 0 Å². The molecule has 0 amide bonds. The molecular formula is C14H20O. The quantitative estimate of drug-likeness (QED) is 0.555. The summed E-state index contributed by atoms with van der Waals surface area (Å²) in [6, 6.07) is 10.1. The Kier molecular flexibility index (Phi) is 5.79. The van der Waals surface area contributed by atoms with E-state index in [1.54, 1.807) is 0 Å². The lowest BCUT2D eigenvalue weighted by Crippen LogP contribution is -2.00. The van der Waals surface area contributed by atoms with Crippen molar-refractivity contribution in [3.05, 3.63) is 48.0 Å². The molecular weight excluding hydrogens is 184 g/mol. The van der Waals surface area contributed by atoms with E-state index in [2.05, 4.69) is 31.2 Å². The minimum Gasteiger partial charge on any atom is -0.395 e. The van der Waals surface area contributed by atoms with Gasteiger partial charge in [-0.05, 0) is 12.0 Å². The molecule has 0 fully saturated rings. The molecule has 1 nitrogen and oxygen atoms in total. The van der Waals surface area contributed by atoms with Crippen LogP contribution in [0.15, 0.2) is 42.5 Å². The van der Waals surface area contributed by atoms with E-state index in [0.29, 0.717) is 0 Å². The van der Waals surface area contributed by atoms with Crippen LogP contribution in [0.5, 0.6) is 0 Å². The Labute approximate surface area is 92.5 Å². The van der Waals surface area contributed by atoms with Gasteiger partial charge in [-0.3, -0.25) is 0 Å². The minimum atomic E-state index is 0.156. The molecule has 0 saturated carbocycles. The number of hydrogen-bond donors (Lipinski definition) is 1. The van der Waals surface area contributed by atoms with Crippen molar-refractivity contribution in [1.82, 2.24) is 0 Å². The Morgan fingerprint density at radius 2 is 2.00 bits per heavy atom. The summed E-state index contributed by atoms with van der Waals surface area (Å²) in [6.45, 7) is 2.38. The van der Waals surface area contributed by atoms with Gasteiger partial charge in [-0.1, -0.05) is 62.2 Å². The summed E-state index contributed by atoms with van der Waals surface area (Å²) >= 11 is 0. The third-order valence-corrected chi connectivity index (χ3v) is 2.52. The number of benzene rings is 1. The molecule has 0 aliphatic rings. The Balaban J connectivity index is 2.53. The van der Waals surface area contributed by atoms with Crippen LogP contribution >= 0.6 is 0 Å². The molecule has 1 heteroatoms. The monoisotopic (exact) mass is 204 g/mol. The van der Waals surface area contributed by atoms with E-state index in [9.17, 15) is 5.11 Å². The van der Waals surface area contributed by atoms with Crippen LogP contribution < -0.4 is 0 Å². The number of allylic oxidation sites excluding steroid dienone is 1. The van der Waals surface area contributed by atoms with E-state index in [-0.39, 0.29) is 12.5 Å². The lowest BCUT2D eigenvalue weighted by molar-refractivity contribution is 0.283. The van der Waals surface area contributed by atoms with E-state index in [1.165, 1.54) is 18.4 Å². The molecule has 1 aromatic carbocycles. The van der Waals surface area contributed by atoms with Gasteiger partial charge in [0.25, 0.3) is 0 Å². The highest BCUT2D eigenvalue weighted by molar-refractivity contribution is 5.23. The standard InChI is InChI=1S/C14H20O/c1-2-3-4-6-11-14(12-15)13-9-7-5-8-10-13/h5-11,14-15H,2-4,12H2,1H3/b11-6-/t14-/m0/s1. The van der Waals surface area contributed by atoms with Crippen molar-refractivity contribution in [3.63, 3.8) is 0 Å². The summed E-state index contributed by atoms with van der Waals surface area (Å²) in [5, 5.41) is 9.28. The van der Waals surface area contributed by atoms with Gasteiger partial charge in [0, 0.05) is 5.92 Å². The van der Waals surface area contributed by atoms with Crippen LogP contribution in [0.2, 0.25) is 0 Å². The average Bonchev–Trinajstić information content (AvgIpc) is 2.30. The Morgan fingerprint density at radius 3 is 2.60 bits per heavy atom. The van der Waals surface area contributed by atoms with E-state index >= 15 is 0 Å². The van der Waals surface area contributed by atoms with Crippen LogP contribution in [0, 0.1) is 0 Å². The predicted octanol–water partition coefficient (Wildman–Crippen LogP) is 3.51. The van der Waals surface area contributed by atoms with Crippen LogP contribution in [-0.4, -0.2) is 11.7 Å². The molecule has 0 unspecified atom stereocenters. The number of rotatable bonds is 6. The summed E-state index contributed by atoms with van der Waals surface area (Å²) in [5.41, 5.74) is 1.19. The fourth-order valence-corrected chi connectivity index (χ4v) is 1.56. The molecule has 0 bridgehead atoms. The SMILES string of the molecule is CCCC/C=C\[C@@H](CO)c1ccccc1. The lowest BCUT2D eigenvalue weighted by Gasteiger charge is -2.09. The van der Waals surface area contributed by atoms with Gasteiger partial charge >= 0.3 is 0 Å². The molecule has 15 heavy (non-hydrogen) atoms. The first-order valence-electron chi connectivity index (χ1n) is 5.71. The molecule has 1 rings (SSSR count). The maximum atomic E-state index is 9.28. The molecule has 1 atom stereocenters. The predicted molar refractivity (Wildman–Crippen MR) is 64.9 cm³/mol. The molecule has 0 aliphatic carbocycles. The minimum absolute atomic E-state index is 0.156. The summed E-state index contributed by atoms with van der Waals surface area (Å²) < 4.78 is 0. The van der Waals surface area contributed by atoms with E-state index in [0.717, 1.165) is 6.42 Å². The zero-order valence-corrected chi connectivity index (χ0v) is 9.39. The topological polar surface area (TPSA) is 20.2 Å². The van der Waals surface area contributed by atoms with Gasteiger partial charge in [0.2, 0.25) is 0 Å². The average molecular weight is 204 g/mol. The fraction of sp³-hybridized carbons (Fsp3) is 0.429. The van der Waals surface area contributed by atoms with Crippen molar-refractivity contribution in [2.24, 2.45) is 0 Å². The number of aliphatic hydroxyl groups excluding tert-OH is 1. The Bertz CT molecular complexity index is 277. The molecule has 1 aromatic rings. The molecule has 0 aliphatic heterocycles. The van der Waals surface area contributed by atoms with E-state index in [1.807, 2.05) is 18.2 Å². The molecule has 0 heterocycles. The third-order valence-electron chi connectivity index (χ3n) is 2.52. The summed E-state index contributed by atoms with van der Waals surface area (Å²) in [6.07, 6.45) is 7.85. The van der Waals surface area contributed by atoms with Crippen molar-refractivity contribution >= 4 is 0 Å². The fourth-order valence-electron chi connectivity index (χ4n) is 1.56. The molecule has 0 saturated heterocycles. The Morgan fingerprint density at radius 1 is 1.27 bits per heavy atom.